The molecular formula is C20H34N6O3. The Labute approximate surface area is 172 Å². The molecule has 1 rings (SSSR count). The molecule has 0 spiro atoms. The van der Waals surface area contributed by atoms with Crippen LogP contribution in [-0.4, -0.2) is 48.9 Å². The van der Waals surface area contributed by atoms with Gasteiger partial charge in [0.1, 0.15) is 5.75 Å². The number of nitrogens with one attached hydrogen (secondary N) is 2. The second-order valence-corrected chi connectivity index (χ2v) is 7.78. The molecule has 9 heteroatoms. The molecule has 0 aromatic heterocycles. The minimum Gasteiger partial charge on any atom is -0.496 e. The maximum atomic E-state index is 12.8. The molecule has 1 aromatic rings. The van der Waals surface area contributed by atoms with Gasteiger partial charge in [0.05, 0.1) is 24.3 Å². The van der Waals surface area contributed by atoms with Crippen molar-refractivity contribution >= 4 is 23.3 Å². The zero-order valence-corrected chi connectivity index (χ0v) is 17.9. The first kappa shape index (κ1) is 24.4. The Hall–Kier alpha value is -2.65. The summed E-state index contributed by atoms with van der Waals surface area (Å²) in [6.07, 6.45) is 1.20. The lowest BCUT2D eigenvalue weighted by atomic mass is 9.93. The standard InChI is InChI=1S/C20H34N6O3/c1-12(2)25-15(7-6-10-24-19(21)22)18(28)26-13-8-9-16(29-5)14(11-13)17(27)20(3,4)23/h8-9,11-12,15,25H,6-7,10,23H2,1-5H3,(H,26,28)(H4,21,22,24)/t15-/m1/s1. The number of aliphatic imine (C=N–C) groups is 1. The van der Waals surface area contributed by atoms with Crippen LogP contribution in [0, 0.1) is 0 Å². The fourth-order valence-corrected chi connectivity index (χ4v) is 2.74. The highest BCUT2D eigenvalue weighted by Gasteiger charge is 2.27. The number of nitrogens with zero attached hydrogens (tertiary/aromatic N) is 1. The smallest absolute Gasteiger partial charge is 0.241 e. The summed E-state index contributed by atoms with van der Waals surface area (Å²) in [5.41, 5.74) is 16.4. The molecule has 0 fully saturated rings. The summed E-state index contributed by atoms with van der Waals surface area (Å²) in [7, 11) is 1.48. The predicted molar refractivity (Wildman–Crippen MR) is 116 cm³/mol. The molecule has 0 bridgehead atoms. The SMILES string of the molecule is COc1ccc(NC(=O)[C@@H](CCCN=C(N)N)NC(C)C)cc1C(=O)C(C)(C)N. The molecule has 0 aliphatic rings. The van der Waals surface area contributed by atoms with Crippen LogP contribution in [0.2, 0.25) is 0 Å². The number of methoxy groups -OCH3 is 1. The van der Waals surface area contributed by atoms with Crippen LogP contribution in [0.3, 0.4) is 0 Å². The number of ketones is 1. The number of nitrogens with two attached hydrogens (primary N) is 3. The third-order valence-corrected chi connectivity index (χ3v) is 4.09. The van der Waals surface area contributed by atoms with Gasteiger partial charge in [-0.3, -0.25) is 14.6 Å². The van der Waals surface area contributed by atoms with E-state index in [4.69, 9.17) is 21.9 Å². The average molecular weight is 407 g/mol. The lowest BCUT2D eigenvalue weighted by Gasteiger charge is -2.22. The van der Waals surface area contributed by atoms with Crippen molar-refractivity contribution in [1.29, 1.82) is 0 Å². The summed E-state index contributed by atoms with van der Waals surface area (Å²) in [5.74, 6) is -0.0554. The second-order valence-electron chi connectivity index (χ2n) is 7.78. The summed E-state index contributed by atoms with van der Waals surface area (Å²) in [6.45, 7) is 7.62. The fraction of sp³-hybridized carbons (Fsp3) is 0.550. The maximum absolute atomic E-state index is 12.8. The number of carbonyl (C=O) groups excluding carboxylic acids is 2. The summed E-state index contributed by atoms with van der Waals surface area (Å²) < 4.78 is 5.27. The van der Waals surface area contributed by atoms with Gasteiger partial charge in [-0.1, -0.05) is 13.8 Å². The van der Waals surface area contributed by atoms with E-state index in [-0.39, 0.29) is 23.7 Å². The third kappa shape index (κ3) is 8.08. The lowest BCUT2D eigenvalue weighted by Crippen LogP contribution is -2.44. The number of guanidine groups is 1. The number of benzene rings is 1. The number of Topliss-reactive ketones (excluding diaryl/α,β-unsaturated/α-hetero) is 1. The highest BCUT2D eigenvalue weighted by Crippen LogP contribution is 2.26. The number of hydrogen-bond acceptors (Lipinski definition) is 6. The molecule has 0 unspecified atom stereocenters. The molecule has 8 N–H and O–H groups in total. The van der Waals surface area contributed by atoms with Crippen molar-refractivity contribution in [2.45, 2.75) is 58.2 Å². The van der Waals surface area contributed by atoms with E-state index in [2.05, 4.69) is 15.6 Å². The van der Waals surface area contributed by atoms with Crippen molar-refractivity contribution < 1.29 is 14.3 Å². The van der Waals surface area contributed by atoms with Gasteiger partial charge in [0.25, 0.3) is 0 Å². The normalized spacial score (nSPS) is 12.4. The molecule has 0 aliphatic heterocycles. The van der Waals surface area contributed by atoms with Crippen LogP contribution in [0.5, 0.6) is 5.75 Å². The first-order valence-corrected chi connectivity index (χ1v) is 9.59. The van der Waals surface area contributed by atoms with Gasteiger partial charge in [0.15, 0.2) is 11.7 Å². The zero-order valence-electron chi connectivity index (χ0n) is 17.9. The molecule has 0 aliphatic carbocycles. The molecule has 29 heavy (non-hydrogen) atoms. The van der Waals surface area contributed by atoms with E-state index >= 15 is 0 Å². The second kappa shape index (κ2) is 10.8. The molecule has 0 radical (unpaired) electrons. The van der Waals surface area contributed by atoms with Gasteiger partial charge in [0.2, 0.25) is 5.91 Å². The number of amides is 1. The monoisotopic (exact) mass is 406 g/mol. The van der Waals surface area contributed by atoms with Gasteiger partial charge in [-0.15, -0.1) is 0 Å². The first-order chi connectivity index (χ1) is 13.5. The number of ether oxygens (including phenoxy) is 1. The van der Waals surface area contributed by atoms with Crippen LogP contribution in [0.25, 0.3) is 0 Å². The topological polar surface area (TPSA) is 158 Å². The Bertz CT molecular complexity index is 736. The van der Waals surface area contributed by atoms with Crippen LogP contribution < -0.4 is 32.6 Å². The highest BCUT2D eigenvalue weighted by molar-refractivity contribution is 6.06. The van der Waals surface area contributed by atoms with Crippen LogP contribution in [0.4, 0.5) is 5.69 Å². The molecule has 0 saturated heterocycles. The van der Waals surface area contributed by atoms with Crippen LogP contribution in [-0.2, 0) is 4.79 Å². The van der Waals surface area contributed by atoms with Crippen LogP contribution in [0.15, 0.2) is 23.2 Å². The maximum Gasteiger partial charge on any atom is 0.241 e. The van der Waals surface area contributed by atoms with Crippen molar-refractivity contribution in [3.63, 3.8) is 0 Å². The Morgan fingerprint density at radius 1 is 1.24 bits per heavy atom. The van der Waals surface area contributed by atoms with Crippen molar-refractivity contribution in [1.82, 2.24) is 5.32 Å². The zero-order chi connectivity index (χ0) is 22.2. The number of hydrogen-bond donors (Lipinski definition) is 5. The average Bonchev–Trinajstić information content (AvgIpc) is 2.62. The van der Waals surface area contributed by atoms with E-state index < -0.39 is 11.6 Å². The quantitative estimate of drug-likeness (QED) is 0.158. The molecule has 0 saturated carbocycles. The van der Waals surface area contributed by atoms with E-state index in [0.717, 1.165) is 0 Å². The third-order valence-electron chi connectivity index (χ3n) is 4.09. The lowest BCUT2D eigenvalue weighted by molar-refractivity contribution is -0.118. The van der Waals surface area contributed by atoms with Gasteiger partial charge >= 0.3 is 0 Å². The Morgan fingerprint density at radius 3 is 2.41 bits per heavy atom. The molecule has 1 amide bonds. The summed E-state index contributed by atoms with van der Waals surface area (Å²) >= 11 is 0. The Balaban J connectivity index is 2.98. The van der Waals surface area contributed by atoms with Gasteiger partial charge < -0.3 is 32.6 Å². The van der Waals surface area contributed by atoms with E-state index in [1.807, 2.05) is 13.8 Å². The van der Waals surface area contributed by atoms with Crippen molar-refractivity contribution in [3.05, 3.63) is 23.8 Å². The number of anilines is 1. The summed E-state index contributed by atoms with van der Waals surface area (Å²) in [4.78, 5) is 29.4. The fourth-order valence-electron chi connectivity index (χ4n) is 2.74. The predicted octanol–water partition coefficient (Wildman–Crippen LogP) is 0.974. The summed E-state index contributed by atoms with van der Waals surface area (Å²) in [5, 5.41) is 6.10. The minimum absolute atomic E-state index is 0.0288. The van der Waals surface area contributed by atoms with Gasteiger partial charge in [-0.05, 0) is 44.9 Å². The Kier molecular flexibility index (Phi) is 9.06. The van der Waals surface area contributed by atoms with Crippen molar-refractivity contribution in [3.8, 4) is 5.75 Å². The molecule has 9 nitrogen and oxygen atoms in total. The van der Waals surface area contributed by atoms with E-state index in [1.54, 1.807) is 32.0 Å². The van der Waals surface area contributed by atoms with Gasteiger partial charge in [-0.2, -0.15) is 0 Å². The molecule has 162 valence electrons. The van der Waals surface area contributed by atoms with Crippen LogP contribution >= 0.6 is 0 Å². The molecule has 1 atom stereocenters. The molecule has 1 aromatic carbocycles. The minimum atomic E-state index is -1.07. The van der Waals surface area contributed by atoms with Gasteiger partial charge in [0, 0.05) is 18.3 Å². The van der Waals surface area contributed by atoms with E-state index in [9.17, 15) is 9.59 Å². The molecule has 0 heterocycles. The number of carbonyl (C=O) groups is 2. The first-order valence-electron chi connectivity index (χ1n) is 9.59. The number of rotatable bonds is 11. The molecular weight excluding hydrogens is 372 g/mol. The van der Waals surface area contributed by atoms with Crippen LogP contribution in [0.1, 0.15) is 50.9 Å². The highest BCUT2D eigenvalue weighted by atomic mass is 16.5. The van der Waals surface area contributed by atoms with E-state index in [0.29, 0.717) is 36.4 Å². The van der Waals surface area contributed by atoms with Gasteiger partial charge in [-0.25, -0.2) is 0 Å². The van der Waals surface area contributed by atoms with Crippen molar-refractivity contribution in [2.75, 3.05) is 19.0 Å². The summed E-state index contributed by atoms with van der Waals surface area (Å²) in [6, 6.07) is 4.58. The van der Waals surface area contributed by atoms with Crippen molar-refractivity contribution in [2.24, 2.45) is 22.2 Å². The Morgan fingerprint density at radius 2 is 1.90 bits per heavy atom. The largest absolute Gasteiger partial charge is 0.496 e. The van der Waals surface area contributed by atoms with E-state index in [1.165, 1.54) is 7.11 Å².